The minimum atomic E-state index is 0.165. The normalized spacial score (nSPS) is 26.6. The highest BCUT2D eigenvalue weighted by molar-refractivity contribution is 5.79. The molecule has 0 spiro atoms. The van der Waals surface area contributed by atoms with Gasteiger partial charge in [0.25, 0.3) is 0 Å². The van der Waals surface area contributed by atoms with Gasteiger partial charge in [0.2, 0.25) is 5.91 Å². The van der Waals surface area contributed by atoms with Crippen molar-refractivity contribution in [3.05, 3.63) is 18.2 Å². The average Bonchev–Trinajstić information content (AvgIpc) is 2.75. The zero-order chi connectivity index (χ0) is 9.54. The van der Waals surface area contributed by atoms with Crippen molar-refractivity contribution in [3.8, 4) is 0 Å². The maximum atomic E-state index is 11.1. The van der Waals surface area contributed by atoms with Gasteiger partial charge in [0.05, 0.1) is 6.33 Å². The van der Waals surface area contributed by atoms with Crippen LogP contribution in [0, 0.1) is 0 Å². The van der Waals surface area contributed by atoms with Crippen LogP contribution in [0.3, 0.4) is 0 Å². The lowest BCUT2D eigenvalue weighted by atomic mass is 10.1. The first kappa shape index (κ1) is 8.03. The number of amides is 1. The summed E-state index contributed by atoms with van der Waals surface area (Å²) in [5.41, 5.74) is 1.23. The Kier molecular flexibility index (Phi) is 1.63. The second-order valence-electron chi connectivity index (χ2n) is 4.16. The standard InChI is InChI=1S/C10H13N3O/c14-10-3-7(4-12-10)9-5-11-6-13(9)8-1-2-8/h5-8H,1-4H2,(H,12,14). The Morgan fingerprint density at radius 1 is 1.50 bits per heavy atom. The Balaban J connectivity index is 1.87. The third-order valence-corrected chi connectivity index (χ3v) is 3.03. The van der Waals surface area contributed by atoms with E-state index in [-0.39, 0.29) is 5.91 Å². The summed E-state index contributed by atoms with van der Waals surface area (Å²) >= 11 is 0. The van der Waals surface area contributed by atoms with Crippen LogP contribution in [0.1, 0.15) is 36.9 Å². The van der Waals surface area contributed by atoms with E-state index in [2.05, 4.69) is 14.9 Å². The van der Waals surface area contributed by atoms with Crippen molar-refractivity contribution in [1.82, 2.24) is 14.9 Å². The van der Waals surface area contributed by atoms with Gasteiger partial charge >= 0.3 is 0 Å². The van der Waals surface area contributed by atoms with Crippen LogP contribution in [0.15, 0.2) is 12.5 Å². The van der Waals surface area contributed by atoms with Crippen molar-refractivity contribution >= 4 is 5.91 Å². The molecule has 0 radical (unpaired) electrons. The highest BCUT2D eigenvalue weighted by Gasteiger charge is 2.31. The first-order valence-corrected chi connectivity index (χ1v) is 5.13. The minimum Gasteiger partial charge on any atom is -0.355 e. The van der Waals surface area contributed by atoms with E-state index in [0.717, 1.165) is 6.54 Å². The Hall–Kier alpha value is -1.32. The number of carbonyl (C=O) groups excluding carboxylic acids is 1. The largest absolute Gasteiger partial charge is 0.355 e. The van der Waals surface area contributed by atoms with Crippen LogP contribution < -0.4 is 5.32 Å². The van der Waals surface area contributed by atoms with E-state index in [1.807, 2.05) is 12.5 Å². The molecule has 1 amide bonds. The van der Waals surface area contributed by atoms with Crippen LogP contribution in [-0.2, 0) is 4.79 Å². The number of nitrogens with zero attached hydrogens (tertiary/aromatic N) is 2. The van der Waals surface area contributed by atoms with Crippen LogP contribution in [0.5, 0.6) is 0 Å². The summed E-state index contributed by atoms with van der Waals surface area (Å²) in [6.45, 7) is 0.775. The number of imidazole rings is 1. The molecule has 2 aliphatic rings. The topological polar surface area (TPSA) is 46.9 Å². The first-order chi connectivity index (χ1) is 6.84. The summed E-state index contributed by atoms with van der Waals surface area (Å²) in [7, 11) is 0. The van der Waals surface area contributed by atoms with Crippen LogP contribution in [0.25, 0.3) is 0 Å². The van der Waals surface area contributed by atoms with Crippen LogP contribution in [0.2, 0.25) is 0 Å². The summed E-state index contributed by atoms with van der Waals surface area (Å²) in [6.07, 6.45) is 6.95. The second kappa shape index (κ2) is 2.83. The molecule has 1 saturated heterocycles. The zero-order valence-electron chi connectivity index (χ0n) is 7.94. The van der Waals surface area contributed by atoms with Crippen LogP contribution in [0.4, 0.5) is 0 Å². The van der Waals surface area contributed by atoms with E-state index in [1.54, 1.807) is 0 Å². The lowest BCUT2D eigenvalue weighted by Crippen LogP contribution is -2.14. The molecular weight excluding hydrogens is 178 g/mol. The molecule has 3 rings (SSSR count). The van der Waals surface area contributed by atoms with Crippen molar-refractivity contribution in [2.24, 2.45) is 0 Å². The minimum absolute atomic E-state index is 0.165. The van der Waals surface area contributed by atoms with Gasteiger partial charge in [-0.3, -0.25) is 4.79 Å². The molecule has 1 aliphatic carbocycles. The monoisotopic (exact) mass is 191 g/mol. The molecule has 1 unspecified atom stereocenters. The number of hydrogen-bond acceptors (Lipinski definition) is 2. The fraction of sp³-hybridized carbons (Fsp3) is 0.600. The van der Waals surface area contributed by atoms with E-state index in [1.165, 1.54) is 18.5 Å². The van der Waals surface area contributed by atoms with Crippen molar-refractivity contribution < 1.29 is 4.79 Å². The summed E-state index contributed by atoms with van der Waals surface area (Å²) in [5.74, 6) is 0.504. The summed E-state index contributed by atoms with van der Waals surface area (Å²) in [6, 6.07) is 0.656. The number of nitrogens with one attached hydrogen (secondary N) is 1. The van der Waals surface area contributed by atoms with Crippen molar-refractivity contribution in [2.45, 2.75) is 31.2 Å². The molecule has 4 nitrogen and oxygen atoms in total. The van der Waals surface area contributed by atoms with Crippen molar-refractivity contribution in [3.63, 3.8) is 0 Å². The first-order valence-electron chi connectivity index (χ1n) is 5.13. The third-order valence-electron chi connectivity index (χ3n) is 3.03. The number of hydrogen-bond donors (Lipinski definition) is 1. The van der Waals surface area contributed by atoms with Crippen LogP contribution >= 0.6 is 0 Å². The average molecular weight is 191 g/mol. The molecule has 14 heavy (non-hydrogen) atoms. The molecule has 4 heteroatoms. The molecule has 2 heterocycles. The maximum absolute atomic E-state index is 11.1. The smallest absolute Gasteiger partial charge is 0.220 e. The van der Waals surface area contributed by atoms with Gasteiger partial charge in [-0.1, -0.05) is 0 Å². The highest BCUT2D eigenvalue weighted by Crippen LogP contribution is 2.38. The Morgan fingerprint density at radius 2 is 2.36 bits per heavy atom. The van der Waals surface area contributed by atoms with Gasteiger partial charge in [-0.25, -0.2) is 4.98 Å². The molecular formula is C10H13N3O. The molecule has 2 fully saturated rings. The fourth-order valence-electron chi connectivity index (χ4n) is 2.10. The van der Waals surface area contributed by atoms with E-state index < -0.39 is 0 Å². The van der Waals surface area contributed by atoms with Crippen molar-refractivity contribution in [2.75, 3.05) is 6.54 Å². The van der Waals surface area contributed by atoms with Gasteiger partial charge in [-0.05, 0) is 12.8 Å². The van der Waals surface area contributed by atoms with Gasteiger partial charge in [-0.2, -0.15) is 0 Å². The molecule has 1 aromatic rings. The zero-order valence-corrected chi connectivity index (χ0v) is 7.94. The number of aromatic nitrogens is 2. The number of rotatable bonds is 2. The van der Waals surface area contributed by atoms with Gasteiger partial charge < -0.3 is 9.88 Å². The predicted molar refractivity (Wildman–Crippen MR) is 50.9 cm³/mol. The predicted octanol–water partition coefficient (Wildman–Crippen LogP) is 0.821. The van der Waals surface area contributed by atoms with Gasteiger partial charge in [0, 0.05) is 36.8 Å². The molecule has 74 valence electrons. The van der Waals surface area contributed by atoms with E-state index in [0.29, 0.717) is 18.4 Å². The molecule has 0 aromatic carbocycles. The quantitative estimate of drug-likeness (QED) is 0.752. The molecule has 0 bridgehead atoms. The van der Waals surface area contributed by atoms with Crippen LogP contribution in [-0.4, -0.2) is 22.0 Å². The lowest BCUT2D eigenvalue weighted by molar-refractivity contribution is -0.119. The van der Waals surface area contributed by atoms with Gasteiger partial charge in [0.1, 0.15) is 0 Å². The molecule has 1 aliphatic heterocycles. The molecule has 1 N–H and O–H groups in total. The maximum Gasteiger partial charge on any atom is 0.220 e. The van der Waals surface area contributed by atoms with E-state index >= 15 is 0 Å². The molecule has 1 saturated carbocycles. The third kappa shape index (κ3) is 1.22. The van der Waals surface area contributed by atoms with Gasteiger partial charge in [0.15, 0.2) is 0 Å². The summed E-state index contributed by atoms with van der Waals surface area (Å²) in [5, 5.41) is 2.86. The fourth-order valence-corrected chi connectivity index (χ4v) is 2.10. The SMILES string of the molecule is O=C1CC(c2cncn2C2CC2)CN1. The van der Waals surface area contributed by atoms with Crippen molar-refractivity contribution in [1.29, 1.82) is 0 Å². The molecule has 1 atom stereocenters. The number of carbonyl (C=O) groups is 1. The Morgan fingerprint density at radius 3 is 3.00 bits per heavy atom. The van der Waals surface area contributed by atoms with Gasteiger partial charge in [-0.15, -0.1) is 0 Å². The lowest BCUT2D eigenvalue weighted by Gasteiger charge is -2.10. The van der Waals surface area contributed by atoms with E-state index in [9.17, 15) is 4.79 Å². The summed E-state index contributed by atoms with van der Waals surface area (Å²) < 4.78 is 2.24. The highest BCUT2D eigenvalue weighted by atomic mass is 16.1. The summed E-state index contributed by atoms with van der Waals surface area (Å²) in [4.78, 5) is 15.3. The Bertz CT molecular complexity index is 367. The Labute approximate surface area is 82.3 Å². The molecule has 1 aromatic heterocycles. The second-order valence-corrected chi connectivity index (χ2v) is 4.16. The van der Waals surface area contributed by atoms with E-state index in [4.69, 9.17) is 0 Å².